The first-order valence-electron chi connectivity index (χ1n) is 6.72. The average Bonchev–Trinajstić information content (AvgIpc) is 2.20. The number of hydrogen-bond acceptors (Lipinski definition) is 2. The van der Waals surface area contributed by atoms with Crippen LogP contribution < -0.4 is 11.1 Å². The summed E-state index contributed by atoms with van der Waals surface area (Å²) in [6.45, 7) is 6.05. The summed E-state index contributed by atoms with van der Waals surface area (Å²) in [6.07, 6.45) is -3.48. The molecule has 0 aromatic carbocycles. The van der Waals surface area contributed by atoms with Crippen molar-refractivity contribution in [1.82, 2.24) is 5.32 Å². The summed E-state index contributed by atoms with van der Waals surface area (Å²) < 4.78 is 36.3. The molecular weight excluding hydrogens is 257 g/mol. The Morgan fingerprint density at radius 2 is 1.79 bits per heavy atom. The Labute approximate surface area is 113 Å². The van der Waals surface area contributed by atoms with Gasteiger partial charge in [0.2, 0.25) is 5.91 Å². The van der Waals surface area contributed by atoms with Gasteiger partial charge < -0.3 is 11.1 Å². The molecule has 0 radical (unpaired) electrons. The van der Waals surface area contributed by atoms with Crippen molar-refractivity contribution in [3.05, 3.63) is 0 Å². The zero-order valence-electron chi connectivity index (χ0n) is 11.9. The highest BCUT2D eigenvalue weighted by Crippen LogP contribution is 2.22. The van der Waals surface area contributed by atoms with Crippen LogP contribution >= 0.6 is 0 Å². The number of nitrogens with two attached hydrogens (primary N) is 1. The topological polar surface area (TPSA) is 55.1 Å². The van der Waals surface area contributed by atoms with Gasteiger partial charge in [-0.3, -0.25) is 4.79 Å². The fourth-order valence-electron chi connectivity index (χ4n) is 2.09. The van der Waals surface area contributed by atoms with Gasteiger partial charge in [0.15, 0.2) is 0 Å². The molecule has 0 aliphatic heterocycles. The summed E-state index contributed by atoms with van der Waals surface area (Å²) in [5.41, 5.74) is 5.50. The molecule has 2 atom stereocenters. The number of amides is 1. The van der Waals surface area contributed by atoms with E-state index in [-0.39, 0.29) is 12.3 Å². The summed E-state index contributed by atoms with van der Waals surface area (Å²) in [7, 11) is 0. The van der Waals surface area contributed by atoms with Gasteiger partial charge in [0, 0.05) is 12.5 Å². The Balaban J connectivity index is 4.03. The standard InChI is InChI=1S/C13H25F3N2O/c1-9(2)11(6-7-17)4-5-12(19)18-10(3)8-13(14,15)16/h9-11H,4-8,17H2,1-3H3,(H,18,19). The van der Waals surface area contributed by atoms with Crippen LogP contribution in [0.4, 0.5) is 13.2 Å². The molecule has 0 bridgehead atoms. The van der Waals surface area contributed by atoms with Gasteiger partial charge in [0.1, 0.15) is 0 Å². The molecule has 0 aromatic heterocycles. The van der Waals surface area contributed by atoms with E-state index in [0.717, 1.165) is 6.42 Å². The van der Waals surface area contributed by atoms with Crippen molar-refractivity contribution in [2.75, 3.05) is 6.54 Å². The smallest absolute Gasteiger partial charge is 0.353 e. The zero-order valence-corrected chi connectivity index (χ0v) is 11.9. The molecule has 1 amide bonds. The molecule has 0 saturated carbocycles. The van der Waals surface area contributed by atoms with Crippen LogP contribution in [0.2, 0.25) is 0 Å². The normalized spacial score (nSPS) is 15.4. The Morgan fingerprint density at radius 3 is 2.21 bits per heavy atom. The molecule has 19 heavy (non-hydrogen) atoms. The van der Waals surface area contributed by atoms with Gasteiger partial charge in [0.05, 0.1) is 6.42 Å². The molecule has 6 heteroatoms. The highest BCUT2D eigenvalue weighted by atomic mass is 19.4. The molecule has 3 N–H and O–H groups in total. The van der Waals surface area contributed by atoms with Crippen molar-refractivity contribution in [2.45, 2.75) is 58.7 Å². The van der Waals surface area contributed by atoms with Crippen LogP contribution in [0.25, 0.3) is 0 Å². The van der Waals surface area contributed by atoms with Crippen molar-refractivity contribution in [2.24, 2.45) is 17.6 Å². The van der Waals surface area contributed by atoms with Gasteiger partial charge in [-0.15, -0.1) is 0 Å². The molecule has 0 heterocycles. The predicted octanol–water partition coefficient (Wildman–Crippen LogP) is 2.84. The van der Waals surface area contributed by atoms with E-state index in [1.165, 1.54) is 6.92 Å². The lowest BCUT2D eigenvalue weighted by molar-refractivity contribution is -0.141. The molecule has 0 spiro atoms. The molecule has 0 aliphatic carbocycles. The van der Waals surface area contributed by atoms with Crippen LogP contribution in [0, 0.1) is 11.8 Å². The Morgan fingerprint density at radius 1 is 1.21 bits per heavy atom. The molecular formula is C13H25F3N2O. The van der Waals surface area contributed by atoms with E-state index >= 15 is 0 Å². The van der Waals surface area contributed by atoms with Crippen molar-refractivity contribution < 1.29 is 18.0 Å². The number of hydrogen-bond donors (Lipinski definition) is 2. The molecule has 114 valence electrons. The summed E-state index contributed by atoms with van der Waals surface area (Å²) >= 11 is 0. The van der Waals surface area contributed by atoms with Gasteiger partial charge in [0.25, 0.3) is 0 Å². The summed E-state index contributed by atoms with van der Waals surface area (Å²) in [4.78, 5) is 11.6. The Bertz CT molecular complexity index is 267. The van der Waals surface area contributed by atoms with Gasteiger partial charge in [-0.05, 0) is 38.1 Å². The summed E-state index contributed by atoms with van der Waals surface area (Å²) in [5, 5.41) is 2.38. The van der Waals surface area contributed by atoms with E-state index in [0.29, 0.717) is 24.8 Å². The second-order valence-corrected chi connectivity index (χ2v) is 5.41. The zero-order chi connectivity index (χ0) is 15.1. The minimum absolute atomic E-state index is 0.255. The summed E-state index contributed by atoms with van der Waals surface area (Å²) in [5.74, 6) is 0.442. The third-order valence-corrected chi connectivity index (χ3v) is 3.17. The lowest BCUT2D eigenvalue weighted by Crippen LogP contribution is -2.36. The van der Waals surface area contributed by atoms with Crippen LogP contribution in [-0.4, -0.2) is 24.7 Å². The van der Waals surface area contributed by atoms with Gasteiger partial charge in [-0.2, -0.15) is 13.2 Å². The SMILES string of the molecule is CC(CC(F)(F)F)NC(=O)CCC(CCN)C(C)C. The molecule has 2 unspecified atom stereocenters. The molecule has 3 nitrogen and oxygen atoms in total. The minimum Gasteiger partial charge on any atom is -0.353 e. The minimum atomic E-state index is -4.24. The number of alkyl halides is 3. The van der Waals surface area contributed by atoms with Crippen LogP contribution in [-0.2, 0) is 4.79 Å². The van der Waals surface area contributed by atoms with E-state index in [4.69, 9.17) is 5.73 Å². The third-order valence-electron chi connectivity index (χ3n) is 3.17. The number of carbonyl (C=O) groups is 1. The van der Waals surface area contributed by atoms with E-state index in [1.807, 2.05) is 0 Å². The maximum Gasteiger partial charge on any atom is 0.391 e. The first-order valence-corrected chi connectivity index (χ1v) is 6.72. The van der Waals surface area contributed by atoms with Gasteiger partial charge >= 0.3 is 6.18 Å². The van der Waals surface area contributed by atoms with Gasteiger partial charge in [-0.1, -0.05) is 13.8 Å². The highest BCUT2D eigenvalue weighted by molar-refractivity contribution is 5.76. The number of nitrogens with one attached hydrogen (secondary N) is 1. The molecule has 0 aliphatic rings. The van der Waals surface area contributed by atoms with Crippen LogP contribution in [0.15, 0.2) is 0 Å². The molecule has 0 saturated heterocycles. The molecule has 0 aromatic rings. The maximum absolute atomic E-state index is 12.1. The van der Waals surface area contributed by atoms with E-state index < -0.39 is 18.6 Å². The molecule has 0 rings (SSSR count). The Hall–Kier alpha value is -0.780. The predicted molar refractivity (Wildman–Crippen MR) is 69.5 cm³/mol. The number of rotatable bonds is 8. The number of halogens is 3. The quantitative estimate of drug-likeness (QED) is 0.719. The second-order valence-electron chi connectivity index (χ2n) is 5.41. The van der Waals surface area contributed by atoms with Crippen molar-refractivity contribution in [3.63, 3.8) is 0 Å². The van der Waals surface area contributed by atoms with Crippen LogP contribution in [0.5, 0.6) is 0 Å². The first-order chi connectivity index (χ1) is 8.65. The van der Waals surface area contributed by atoms with E-state index in [9.17, 15) is 18.0 Å². The average molecular weight is 282 g/mol. The van der Waals surface area contributed by atoms with Crippen LogP contribution in [0.1, 0.15) is 46.5 Å². The first kappa shape index (κ1) is 18.2. The lowest BCUT2D eigenvalue weighted by atomic mass is 9.88. The fourth-order valence-corrected chi connectivity index (χ4v) is 2.09. The van der Waals surface area contributed by atoms with Crippen molar-refractivity contribution >= 4 is 5.91 Å². The lowest BCUT2D eigenvalue weighted by Gasteiger charge is -2.21. The monoisotopic (exact) mass is 282 g/mol. The fraction of sp³-hybridized carbons (Fsp3) is 0.923. The second kappa shape index (κ2) is 8.40. The van der Waals surface area contributed by atoms with E-state index in [2.05, 4.69) is 19.2 Å². The number of carbonyl (C=O) groups excluding carboxylic acids is 1. The Kier molecular flexibility index (Phi) is 8.06. The van der Waals surface area contributed by atoms with E-state index in [1.54, 1.807) is 0 Å². The van der Waals surface area contributed by atoms with Crippen molar-refractivity contribution in [1.29, 1.82) is 0 Å². The maximum atomic E-state index is 12.1. The summed E-state index contributed by atoms with van der Waals surface area (Å²) in [6, 6.07) is -0.875. The van der Waals surface area contributed by atoms with Crippen LogP contribution in [0.3, 0.4) is 0 Å². The van der Waals surface area contributed by atoms with Crippen molar-refractivity contribution in [3.8, 4) is 0 Å². The highest BCUT2D eigenvalue weighted by Gasteiger charge is 2.30. The third kappa shape index (κ3) is 9.76. The largest absolute Gasteiger partial charge is 0.391 e. The molecule has 0 fully saturated rings. The van der Waals surface area contributed by atoms with Gasteiger partial charge in [-0.25, -0.2) is 0 Å².